The van der Waals surface area contributed by atoms with Crippen LogP contribution >= 0.6 is 0 Å². The first-order valence-corrected chi connectivity index (χ1v) is 8.16. The van der Waals surface area contributed by atoms with E-state index >= 15 is 0 Å². The fourth-order valence-corrected chi connectivity index (χ4v) is 2.80. The summed E-state index contributed by atoms with van der Waals surface area (Å²) in [5.41, 5.74) is 2.57. The Kier molecular flexibility index (Phi) is 5.46. The molecule has 1 heterocycles. The third-order valence-electron chi connectivity index (χ3n) is 4.16. The highest BCUT2D eigenvalue weighted by Crippen LogP contribution is 2.18. The highest BCUT2D eigenvalue weighted by atomic mass is 16.5. The van der Waals surface area contributed by atoms with Crippen LogP contribution in [0.1, 0.15) is 15.9 Å². The monoisotopic (exact) mass is 326 g/mol. The van der Waals surface area contributed by atoms with Gasteiger partial charge in [0.25, 0.3) is 0 Å². The number of benzene rings is 2. The zero-order valence-corrected chi connectivity index (χ0v) is 13.5. The van der Waals surface area contributed by atoms with Gasteiger partial charge < -0.3 is 20.1 Å². The molecule has 0 aromatic heterocycles. The number of aliphatic hydroxyl groups excluding tert-OH is 1. The van der Waals surface area contributed by atoms with Gasteiger partial charge in [-0.1, -0.05) is 30.3 Å². The summed E-state index contributed by atoms with van der Waals surface area (Å²) in [5, 5.41) is 12.5. The Balaban J connectivity index is 1.58. The molecule has 2 aromatic carbocycles. The van der Waals surface area contributed by atoms with E-state index in [0.717, 1.165) is 30.9 Å². The zero-order valence-electron chi connectivity index (χ0n) is 13.5. The summed E-state index contributed by atoms with van der Waals surface area (Å²) in [5.74, 6) is -0.320. The minimum absolute atomic E-state index is 0.0919. The Morgan fingerprint density at radius 1 is 1.17 bits per heavy atom. The molecule has 2 N–H and O–H groups in total. The number of nitrogens with zero attached hydrogens (tertiary/aromatic N) is 1. The predicted octanol–water partition coefficient (Wildman–Crippen LogP) is 1.81. The average molecular weight is 326 g/mol. The van der Waals surface area contributed by atoms with Gasteiger partial charge in [0.15, 0.2) is 0 Å². The van der Waals surface area contributed by atoms with Gasteiger partial charge in [-0.05, 0) is 29.8 Å². The molecule has 0 unspecified atom stereocenters. The molecule has 1 aliphatic heterocycles. The molecule has 0 aliphatic carbocycles. The molecule has 0 saturated carbocycles. The molecule has 1 fully saturated rings. The van der Waals surface area contributed by atoms with Crippen LogP contribution in [0.3, 0.4) is 0 Å². The molecule has 3 rings (SSSR count). The molecule has 0 amide bonds. The van der Waals surface area contributed by atoms with E-state index in [4.69, 9.17) is 4.74 Å². The maximum Gasteiger partial charge on any atom is 0.338 e. The molecule has 1 aliphatic rings. The zero-order chi connectivity index (χ0) is 16.8. The summed E-state index contributed by atoms with van der Waals surface area (Å²) in [6, 6.07) is 17.2. The average Bonchev–Trinajstić information content (AvgIpc) is 2.67. The van der Waals surface area contributed by atoms with Crippen LogP contribution in [0.4, 0.5) is 5.69 Å². The van der Waals surface area contributed by atoms with Crippen molar-refractivity contribution in [3.05, 3.63) is 65.7 Å². The fourth-order valence-electron chi connectivity index (χ4n) is 2.80. The van der Waals surface area contributed by atoms with Crippen LogP contribution in [0.15, 0.2) is 54.6 Å². The van der Waals surface area contributed by atoms with Gasteiger partial charge in [0, 0.05) is 31.4 Å². The van der Waals surface area contributed by atoms with Crippen LogP contribution in [0.25, 0.3) is 0 Å². The van der Waals surface area contributed by atoms with Gasteiger partial charge in [-0.25, -0.2) is 4.79 Å². The second kappa shape index (κ2) is 7.95. The second-order valence-electron chi connectivity index (χ2n) is 5.89. The number of ether oxygens (including phenoxy) is 1. The third-order valence-corrected chi connectivity index (χ3v) is 4.16. The highest BCUT2D eigenvalue weighted by Gasteiger charge is 2.19. The smallest absolute Gasteiger partial charge is 0.338 e. The molecule has 5 heteroatoms. The molecule has 2 aromatic rings. The van der Waals surface area contributed by atoms with Crippen molar-refractivity contribution in [2.45, 2.75) is 12.6 Å². The number of carbonyl (C=O) groups excluding carboxylic acids is 1. The Hall–Kier alpha value is -2.37. The quantitative estimate of drug-likeness (QED) is 0.821. The van der Waals surface area contributed by atoms with E-state index in [1.165, 1.54) is 0 Å². The van der Waals surface area contributed by atoms with Crippen LogP contribution < -0.4 is 10.2 Å². The molecular weight excluding hydrogens is 304 g/mol. The SMILES string of the molecule is O=C(OCc1ccccc1)c1ccc(N2CCN[C@H](CO)C2)cc1. The fraction of sp³-hybridized carbons (Fsp3) is 0.316. The summed E-state index contributed by atoms with van der Waals surface area (Å²) in [7, 11) is 0. The Labute approximate surface area is 141 Å². The van der Waals surface area contributed by atoms with E-state index in [-0.39, 0.29) is 25.2 Å². The van der Waals surface area contributed by atoms with Crippen LogP contribution in [-0.2, 0) is 11.3 Å². The van der Waals surface area contributed by atoms with Crippen molar-refractivity contribution in [3.8, 4) is 0 Å². The van der Waals surface area contributed by atoms with E-state index in [9.17, 15) is 9.90 Å². The van der Waals surface area contributed by atoms with E-state index < -0.39 is 0 Å². The van der Waals surface area contributed by atoms with Gasteiger partial charge in [0.1, 0.15) is 6.61 Å². The summed E-state index contributed by atoms with van der Waals surface area (Å²) in [4.78, 5) is 14.3. The van der Waals surface area contributed by atoms with Crippen molar-refractivity contribution in [1.29, 1.82) is 0 Å². The third kappa shape index (κ3) is 4.13. The maximum atomic E-state index is 12.1. The van der Waals surface area contributed by atoms with Crippen LogP contribution in [-0.4, -0.2) is 43.4 Å². The number of aliphatic hydroxyl groups is 1. The maximum absolute atomic E-state index is 12.1. The van der Waals surface area contributed by atoms with Crippen molar-refractivity contribution in [2.75, 3.05) is 31.1 Å². The summed E-state index contributed by atoms with van der Waals surface area (Å²) < 4.78 is 5.34. The van der Waals surface area contributed by atoms with Crippen LogP contribution in [0.2, 0.25) is 0 Å². The lowest BCUT2D eigenvalue weighted by Gasteiger charge is -2.34. The van der Waals surface area contributed by atoms with Gasteiger partial charge in [-0.3, -0.25) is 0 Å². The summed E-state index contributed by atoms with van der Waals surface area (Å²) >= 11 is 0. The minimum Gasteiger partial charge on any atom is -0.457 e. The number of rotatable bonds is 5. The molecular formula is C19H22N2O3. The first-order chi connectivity index (χ1) is 11.8. The number of carbonyl (C=O) groups is 1. The van der Waals surface area contributed by atoms with Gasteiger partial charge >= 0.3 is 5.97 Å². The summed E-state index contributed by atoms with van der Waals surface area (Å²) in [6.45, 7) is 2.88. The van der Waals surface area contributed by atoms with Crippen molar-refractivity contribution in [3.63, 3.8) is 0 Å². The lowest BCUT2D eigenvalue weighted by molar-refractivity contribution is 0.0472. The number of anilines is 1. The molecule has 24 heavy (non-hydrogen) atoms. The molecule has 0 radical (unpaired) electrons. The normalized spacial score (nSPS) is 17.5. The molecule has 126 valence electrons. The van der Waals surface area contributed by atoms with Gasteiger partial charge in [-0.15, -0.1) is 0 Å². The first kappa shape index (κ1) is 16.5. The van der Waals surface area contributed by atoms with Crippen molar-refractivity contribution < 1.29 is 14.6 Å². The number of esters is 1. The number of piperazine rings is 1. The molecule has 5 nitrogen and oxygen atoms in total. The topological polar surface area (TPSA) is 61.8 Å². The lowest BCUT2D eigenvalue weighted by atomic mass is 10.1. The standard InChI is InChI=1S/C19H22N2O3/c22-13-17-12-21(11-10-20-17)18-8-6-16(7-9-18)19(23)24-14-15-4-2-1-3-5-15/h1-9,17,20,22H,10-14H2/t17-/m0/s1. The van der Waals surface area contributed by atoms with E-state index in [1.54, 1.807) is 12.1 Å². The Bertz CT molecular complexity index is 658. The number of nitrogens with one attached hydrogen (secondary N) is 1. The van der Waals surface area contributed by atoms with E-state index in [0.29, 0.717) is 5.56 Å². The highest BCUT2D eigenvalue weighted by molar-refractivity contribution is 5.89. The number of hydrogen-bond acceptors (Lipinski definition) is 5. The van der Waals surface area contributed by atoms with Crippen molar-refractivity contribution in [1.82, 2.24) is 5.32 Å². The molecule has 1 saturated heterocycles. The van der Waals surface area contributed by atoms with E-state index in [2.05, 4.69) is 10.2 Å². The largest absolute Gasteiger partial charge is 0.457 e. The predicted molar refractivity (Wildman–Crippen MR) is 93.1 cm³/mol. The first-order valence-electron chi connectivity index (χ1n) is 8.16. The van der Waals surface area contributed by atoms with Crippen molar-refractivity contribution in [2.24, 2.45) is 0 Å². The molecule has 0 bridgehead atoms. The van der Waals surface area contributed by atoms with Gasteiger partial charge in [0.2, 0.25) is 0 Å². The molecule has 0 spiro atoms. The van der Waals surface area contributed by atoms with Crippen LogP contribution in [0.5, 0.6) is 0 Å². The Morgan fingerprint density at radius 3 is 2.62 bits per heavy atom. The van der Waals surface area contributed by atoms with Gasteiger partial charge in [0.05, 0.1) is 12.2 Å². The van der Waals surface area contributed by atoms with Crippen molar-refractivity contribution >= 4 is 11.7 Å². The second-order valence-corrected chi connectivity index (χ2v) is 5.89. The lowest BCUT2D eigenvalue weighted by Crippen LogP contribution is -2.52. The molecule has 1 atom stereocenters. The Morgan fingerprint density at radius 2 is 1.92 bits per heavy atom. The van der Waals surface area contributed by atoms with Crippen LogP contribution in [0, 0.1) is 0 Å². The van der Waals surface area contributed by atoms with E-state index in [1.807, 2.05) is 42.5 Å². The minimum atomic E-state index is -0.320. The van der Waals surface area contributed by atoms with Gasteiger partial charge in [-0.2, -0.15) is 0 Å². The number of hydrogen-bond donors (Lipinski definition) is 2. The summed E-state index contributed by atoms with van der Waals surface area (Å²) in [6.07, 6.45) is 0.